The smallest absolute Gasteiger partial charge is 0.325 e. The van der Waals surface area contributed by atoms with E-state index in [0.717, 1.165) is 31.5 Å². The van der Waals surface area contributed by atoms with E-state index in [-0.39, 0.29) is 24.5 Å². The second-order valence-corrected chi connectivity index (χ2v) is 10.5. The predicted octanol–water partition coefficient (Wildman–Crippen LogP) is 3.74. The lowest BCUT2D eigenvalue weighted by Crippen LogP contribution is -2.54. The second-order valence-electron chi connectivity index (χ2n) is 10.5. The van der Waals surface area contributed by atoms with Crippen molar-refractivity contribution in [2.45, 2.75) is 65.3 Å². The molecule has 4 saturated carbocycles. The molecule has 2 amide bonds. The summed E-state index contributed by atoms with van der Waals surface area (Å²) in [4.78, 5) is 39.5. The van der Waals surface area contributed by atoms with Crippen LogP contribution in [0.2, 0.25) is 0 Å². The normalized spacial score (nSPS) is 27.3. The Hall–Kier alpha value is -2.57. The van der Waals surface area contributed by atoms with E-state index < -0.39 is 11.9 Å². The van der Waals surface area contributed by atoms with Crippen LogP contribution in [0, 0.1) is 23.2 Å². The third kappa shape index (κ3) is 5.33. The molecule has 0 aliphatic heterocycles. The van der Waals surface area contributed by atoms with E-state index in [1.165, 1.54) is 19.3 Å². The first-order valence-corrected chi connectivity index (χ1v) is 12.4. The number of nitrogens with zero attached hydrogens (tertiary/aromatic N) is 1. The molecular formula is C26H37N3O4. The number of nitrogens with one attached hydrogen (secondary N) is 2. The summed E-state index contributed by atoms with van der Waals surface area (Å²) in [7, 11) is 0. The summed E-state index contributed by atoms with van der Waals surface area (Å²) in [6.45, 7) is 6.72. The van der Waals surface area contributed by atoms with Gasteiger partial charge in [-0.3, -0.25) is 14.4 Å². The van der Waals surface area contributed by atoms with E-state index in [2.05, 4.69) is 36.3 Å². The van der Waals surface area contributed by atoms with E-state index in [9.17, 15) is 14.4 Å². The summed E-state index contributed by atoms with van der Waals surface area (Å²) in [5.74, 6) is 1.01. The first-order chi connectivity index (χ1) is 15.8. The van der Waals surface area contributed by atoms with Gasteiger partial charge in [0.25, 0.3) is 5.91 Å². The third-order valence-corrected chi connectivity index (χ3v) is 7.72. The highest BCUT2D eigenvalue weighted by atomic mass is 16.5. The molecule has 0 heterocycles. The Kier molecular flexibility index (Phi) is 6.96. The highest BCUT2D eigenvalue weighted by Gasteiger charge is 2.54. The van der Waals surface area contributed by atoms with E-state index >= 15 is 0 Å². The summed E-state index contributed by atoms with van der Waals surface area (Å²) in [6.07, 6.45) is 6.65. The lowest BCUT2D eigenvalue weighted by Gasteiger charge is -2.55. The molecule has 0 radical (unpaired) electrons. The van der Waals surface area contributed by atoms with Gasteiger partial charge in [-0.05, 0) is 101 Å². The van der Waals surface area contributed by atoms with Gasteiger partial charge in [0.15, 0.2) is 6.61 Å². The van der Waals surface area contributed by atoms with Crippen LogP contribution >= 0.6 is 0 Å². The van der Waals surface area contributed by atoms with Gasteiger partial charge in [0.1, 0.15) is 6.54 Å². The maximum atomic E-state index is 12.9. The molecule has 4 bridgehead atoms. The number of hydrogen-bond donors (Lipinski definition) is 2. The molecule has 7 heteroatoms. The Balaban J connectivity index is 1.19. The number of carbonyl (C=O) groups is 3. The van der Waals surface area contributed by atoms with Crippen LogP contribution in [0.4, 0.5) is 11.4 Å². The number of esters is 1. The molecular weight excluding hydrogens is 418 g/mol. The highest BCUT2D eigenvalue weighted by Crippen LogP contribution is 2.60. The number of anilines is 2. The van der Waals surface area contributed by atoms with Crippen molar-refractivity contribution in [3.05, 3.63) is 24.3 Å². The predicted molar refractivity (Wildman–Crippen MR) is 128 cm³/mol. The maximum Gasteiger partial charge on any atom is 0.325 e. The fraction of sp³-hybridized carbons (Fsp3) is 0.654. The minimum atomic E-state index is -0.589. The standard InChI is InChI=1S/C26H37N3O4/c1-4-29(17(2)3)22-7-5-21(6-8-22)28-23(30)16-33-24(31)15-27-25(32)26-12-18-9-19(13-26)11-20(10-18)14-26/h5-8,17-20H,4,9-16H2,1-3H3,(H,27,32)(H,28,30). The summed E-state index contributed by atoms with van der Waals surface area (Å²) in [5, 5.41) is 5.54. The highest BCUT2D eigenvalue weighted by molar-refractivity contribution is 5.93. The Bertz CT molecular complexity index is 845. The number of carbonyl (C=O) groups excluding carboxylic acids is 3. The van der Waals surface area contributed by atoms with Crippen molar-refractivity contribution in [2.24, 2.45) is 23.2 Å². The number of amides is 2. The lowest BCUT2D eigenvalue weighted by molar-refractivity contribution is -0.152. The SMILES string of the molecule is CCN(c1ccc(NC(=O)COC(=O)CNC(=O)C23CC4CC(CC(C4)C2)C3)cc1)C(C)C. The summed E-state index contributed by atoms with van der Waals surface area (Å²) < 4.78 is 5.08. The topological polar surface area (TPSA) is 87.7 Å². The molecule has 0 saturated heterocycles. The zero-order valence-electron chi connectivity index (χ0n) is 20.1. The van der Waals surface area contributed by atoms with Gasteiger partial charge in [0.2, 0.25) is 5.91 Å². The number of ether oxygens (including phenoxy) is 1. The molecule has 180 valence electrons. The Morgan fingerprint density at radius 2 is 1.61 bits per heavy atom. The lowest BCUT2D eigenvalue weighted by atomic mass is 9.49. The molecule has 4 aliphatic carbocycles. The van der Waals surface area contributed by atoms with Crippen molar-refractivity contribution < 1.29 is 19.1 Å². The average Bonchev–Trinajstić information content (AvgIpc) is 2.76. The molecule has 5 rings (SSSR count). The van der Waals surface area contributed by atoms with Gasteiger partial charge in [0, 0.05) is 29.4 Å². The zero-order chi connectivity index (χ0) is 23.6. The van der Waals surface area contributed by atoms with Gasteiger partial charge in [-0.25, -0.2) is 0 Å². The number of benzene rings is 1. The molecule has 4 aliphatic rings. The van der Waals surface area contributed by atoms with Crippen molar-refractivity contribution in [1.82, 2.24) is 5.32 Å². The van der Waals surface area contributed by atoms with Gasteiger partial charge in [-0.15, -0.1) is 0 Å². The summed E-state index contributed by atoms with van der Waals surface area (Å²) in [6, 6.07) is 7.99. The molecule has 33 heavy (non-hydrogen) atoms. The van der Waals surface area contributed by atoms with Gasteiger partial charge in [-0.1, -0.05) is 0 Å². The zero-order valence-corrected chi connectivity index (χ0v) is 20.1. The van der Waals surface area contributed by atoms with Crippen LogP contribution in [-0.2, 0) is 19.1 Å². The molecule has 0 atom stereocenters. The fourth-order valence-electron chi connectivity index (χ4n) is 6.70. The quantitative estimate of drug-likeness (QED) is 0.554. The largest absolute Gasteiger partial charge is 0.454 e. The van der Waals surface area contributed by atoms with E-state index in [1.54, 1.807) is 0 Å². The van der Waals surface area contributed by atoms with Crippen LogP contribution in [0.25, 0.3) is 0 Å². The van der Waals surface area contributed by atoms with Crippen molar-refractivity contribution in [1.29, 1.82) is 0 Å². The summed E-state index contributed by atoms with van der Waals surface area (Å²) >= 11 is 0. The van der Waals surface area contributed by atoms with E-state index in [0.29, 0.717) is 29.5 Å². The van der Waals surface area contributed by atoms with Crippen LogP contribution in [0.3, 0.4) is 0 Å². The fourth-order valence-corrected chi connectivity index (χ4v) is 6.70. The Labute approximate surface area is 196 Å². The Morgan fingerprint density at radius 1 is 1.03 bits per heavy atom. The molecule has 0 aromatic heterocycles. The molecule has 0 unspecified atom stereocenters. The van der Waals surface area contributed by atoms with Crippen LogP contribution in [0.1, 0.15) is 59.3 Å². The summed E-state index contributed by atoms with van der Waals surface area (Å²) in [5.41, 5.74) is 1.45. The van der Waals surface area contributed by atoms with Crippen LogP contribution in [0.5, 0.6) is 0 Å². The number of hydrogen-bond acceptors (Lipinski definition) is 5. The van der Waals surface area contributed by atoms with E-state index in [4.69, 9.17) is 4.74 Å². The van der Waals surface area contributed by atoms with Crippen molar-refractivity contribution in [3.63, 3.8) is 0 Å². The molecule has 7 nitrogen and oxygen atoms in total. The van der Waals surface area contributed by atoms with Crippen molar-refractivity contribution in [3.8, 4) is 0 Å². The maximum absolute atomic E-state index is 12.9. The first-order valence-electron chi connectivity index (χ1n) is 12.4. The monoisotopic (exact) mass is 455 g/mol. The molecule has 0 spiro atoms. The van der Waals surface area contributed by atoms with Crippen LogP contribution in [-0.4, -0.2) is 43.5 Å². The molecule has 1 aromatic carbocycles. The van der Waals surface area contributed by atoms with Crippen LogP contribution in [0.15, 0.2) is 24.3 Å². The van der Waals surface area contributed by atoms with Crippen LogP contribution < -0.4 is 15.5 Å². The van der Waals surface area contributed by atoms with Gasteiger partial charge in [-0.2, -0.15) is 0 Å². The van der Waals surface area contributed by atoms with Crippen molar-refractivity contribution >= 4 is 29.2 Å². The second kappa shape index (κ2) is 9.74. The van der Waals surface area contributed by atoms with Gasteiger partial charge >= 0.3 is 5.97 Å². The molecule has 2 N–H and O–H groups in total. The van der Waals surface area contributed by atoms with Crippen molar-refractivity contribution in [2.75, 3.05) is 29.9 Å². The molecule has 1 aromatic rings. The van der Waals surface area contributed by atoms with Gasteiger partial charge < -0.3 is 20.3 Å². The minimum Gasteiger partial charge on any atom is -0.454 e. The molecule has 4 fully saturated rings. The van der Waals surface area contributed by atoms with Gasteiger partial charge in [0.05, 0.1) is 0 Å². The average molecular weight is 456 g/mol. The first kappa shape index (κ1) is 23.6. The third-order valence-electron chi connectivity index (χ3n) is 7.72. The number of rotatable bonds is 9. The minimum absolute atomic E-state index is 0.00869. The van der Waals surface area contributed by atoms with E-state index in [1.807, 2.05) is 24.3 Å². The Morgan fingerprint density at radius 3 is 2.12 bits per heavy atom.